The zero-order valence-corrected chi connectivity index (χ0v) is 5.54. The molecule has 0 saturated carbocycles. The molecule has 64 valence electrons. The monoisotopic (exact) mass is 168 g/mol. The molecule has 0 bridgehead atoms. The van der Waals surface area contributed by atoms with E-state index in [9.17, 15) is 18.4 Å². The minimum atomic E-state index is -3.61. The third-order valence-electron chi connectivity index (χ3n) is 1.18. The Morgan fingerprint density at radius 3 is 1.82 bits per heavy atom. The second kappa shape index (κ2) is 2.91. The summed E-state index contributed by atoms with van der Waals surface area (Å²) in [5.41, 5.74) is -3.56. The number of rotatable bonds is 3. The molecule has 11 heavy (non-hydrogen) atoms. The average molecular weight is 168 g/mol. The van der Waals surface area contributed by atoms with Crippen LogP contribution in [0.4, 0.5) is 8.78 Å². The van der Waals surface area contributed by atoms with Crippen LogP contribution >= 0.6 is 0 Å². The number of carbonyl (C=O) groups excluding carboxylic acids is 1. The van der Waals surface area contributed by atoms with Crippen LogP contribution in [0.5, 0.6) is 0 Å². The Hall–Kier alpha value is -1.04. The van der Waals surface area contributed by atoms with Gasteiger partial charge in [0.1, 0.15) is 0 Å². The van der Waals surface area contributed by atoms with Gasteiger partial charge in [-0.15, -0.1) is 0 Å². The fourth-order valence-corrected chi connectivity index (χ4v) is 0.398. The van der Waals surface area contributed by atoms with Crippen LogP contribution in [0.1, 0.15) is 6.92 Å². The van der Waals surface area contributed by atoms with Crippen molar-refractivity contribution in [3.05, 3.63) is 0 Å². The number of carbonyl (C=O) groups is 2. The molecule has 0 aliphatic rings. The number of hydrogen-bond donors (Lipinski definition) is 2. The minimum Gasteiger partial charge on any atom is -0.479 e. The summed E-state index contributed by atoms with van der Waals surface area (Å²) in [5, 5.41) is 16.6. The summed E-state index contributed by atoms with van der Waals surface area (Å²) in [5.74, 6) is -3.72. The van der Waals surface area contributed by atoms with E-state index in [-0.39, 0.29) is 0 Å². The first kappa shape index (κ1) is 9.96. The maximum absolute atomic E-state index is 11.7. The van der Waals surface area contributed by atoms with Crippen LogP contribution in [0.15, 0.2) is 0 Å². The standard InChI is InChI=1S/C5H6F2O4/c1-2(8)5(11,3(6)7)4(9)10/h3,11H,1H3,(H,9,10). The van der Waals surface area contributed by atoms with Crippen molar-refractivity contribution in [3.63, 3.8) is 0 Å². The summed E-state index contributed by atoms with van der Waals surface area (Å²) in [7, 11) is 0. The van der Waals surface area contributed by atoms with Gasteiger partial charge >= 0.3 is 5.97 Å². The zero-order chi connectivity index (χ0) is 9.23. The zero-order valence-electron chi connectivity index (χ0n) is 5.54. The van der Waals surface area contributed by atoms with Crippen LogP contribution in [0.3, 0.4) is 0 Å². The lowest BCUT2D eigenvalue weighted by molar-refractivity contribution is -0.180. The van der Waals surface area contributed by atoms with E-state index in [2.05, 4.69) is 0 Å². The Bertz CT molecular complexity index is 175. The molecule has 0 aliphatic carbocycles. The lowest BCUT2D eigenvalue weighted by atomic mass is 10.0. The Kier molecular flexibility index (Phi) is 2.64. The van der Waals surface area contributed by atoms with Gasteiger partial charge in [-0.25, -0.2) is 13.6 Å². The smallest absolute Gasteiger partial charge is 0.349 e. The number of Topliss-reactive ketones (excluding diaryl/α,β-unsaturated/α-hetero) is 1. The van der Waals surface area contributed by atoms with Crippen molar-refractivity contribution in [3.8, 4) is 0 Å². The van der Waals surface area contributed by atoms with E-state index < -0.39 is 23.8 Å². The molecule has 0 fully saturated rings. The fraction of sp³-hybridized carbons (Fsp3) is 0.600. The van der Waals surface area contributed by atoms with Crippen molar-refractivity contribution in [2.45, 2.75) is 19.0 Å². The van der Waals surface area contributed by atoms with E-state index in [4.69, 9.17) is 10.2 Å². The highest BCUT2D eigenvalue weighted by Gasteiger charge is 2.50. The van der Waals surface area contributed by atoms with Crippen molar-refractivity contribution in [1.82, 2.24) is 0 Å². The predicted molar refractivity (Wildman–Crippen MR) is 29.3 cm³/mol. The number of halogens is 2. The molecule has 6 heteroatoms. The first-order chi connectivity index (χ1) is 4.83. The van der Waals surface area contributed by atoms with E-state index >= 15 is 0 Å². The lowest BCUT2D eigenvalue weighted by Gasteiger charge is -2.17. The third-order valence-corrected chi connectivity index (χ3v) is 1.18. The Labute approximate surface area is 60.4 Å². The van der Waals surface area contributed by atoms with Crippen LogP contribution in [0.2, 0.25) is 0 Å². The van der Waals surface area contributed by atoms with Crippen LogP contribution < -0.4 is 0 Å². The van der Waals surface area contributed by atoms with Gasteiger partial charge in [-0.3, -0.25) is 4.79 Å². The van der Waals surface area contributed by atoms with E-state index in [1.165, 1.54) is 0 Å². The molecule has 0 aromatic carbocycles. The minimum absolute atomic E-state index is 0.584. The van der Waals surface area contributed by atoms with Crippen LogP contribution in [0, 0.1) is 0 Å². The van der Waals surface area contributed by atoms with Gasteiger partial charge in [-0.2, -0.15) is 0 Å². The number of aliphatic carboxylic acids is 1. The molecule has 0 spiro atoms. The summed E-state index contributed by atoms with van der Waals surface area (Å²) in [6.07, 6.45) is -3.61. The molecule has 1 unspecified atom stereocenters. The van der Waals surface area contributed by atoms with E-state index in [1.54, 1.807) is 0 Å². The molecule has 2 N–H and O–H groups in total. The van der Waals surface area contributed by atoms with Gasteiger partial charge in [-0.05, 0) is 6.92 Å². The van der Waals surface area contributed by atoms with Gasteiger partial charge in [0.25, 0.3) is 12.0 Å². The molecule has 0 radical (unpaired) electrons. The molecule has 0 aromatic heterocycles. The SMILES string of the molecule is CC(=O)C(O)(C(=O)O)C(F)F. The molecular weight excluding hydrogens is 162 g/mol. The van der Waals surface area contributed by atoms with E-state index in [1.807, 2.05) is 0 Å². The molecule has 0 heterocycles. The Morgan fingerprint density at radius 2 is 1.82 bits per heavy atom. The van der Waals surface area contributed by atoms with Gasteiger partial charge < -0.3 is 10.2 Å². The van der Waals surface area contributed by atoms with Gasteiger partial charge in [0.05, 0.1) is 0 Å². The largest absolute Gasteiger partial charge is 0.479 e. The third kappa shape index (κ3) is 1.51. The van der Waals surface area contributed by atoms with Gasteiger partial charge in [-0.1, -0.05) is 0 Å². The van der Waals surface area contributed by atoms with Crippen LogP contribution in [0.25, 0.3) is 0 Å². The molecule has 0 rings (SSSR count). The highest BCUT2D eigenvalue weighted by molar-refractivity contribution is 6.05. The normalized spacial score (nSPS) is 16.1. The maximum Gasteiger partial charge on any atom is 0.349 e. The molecular formula is C5H6F2O4. The summed E-state index contributed by atoms with van der Waals surface area (Å²) < 4.78 is 23.5. The van der Waals surface area contributed by atoms with Crippen molar-refractivity contribution in [2.75, 3.05) is 0 Å². The first-order valence-corrected chi connectivity index (χ1v) is 2.58. The molecule has 4 nitrogen and oxygen atoms in total. The summed E-state index contributed by atoms with van der Waals surface area (Å²) in [4.78, 5) is 20.2. The van der Waals surface area contributed by atoms with Gasteiger partial charge in [0, 0.05) is 0 Å². The van der Waals surface area contributed by atoms with Gasteiger partial charge in [0.15, 0.2) is 5.78 Å². The Balaban J connectivity index is 4.82. The average Bonchev–Trinajstić information content (AvgIpc) is 1.84. The number of aliphatic hydroxyl groups is 1. The molecule has 0 saturated heterocycles. The molecule has 0 amide bonds. The van der Waals surface area contributed by atoms with E-state index in [0.717, 1.165) is 0 Å². The second-order valence-electron chi connectivity index (χ2n) is 1.93. The second-order valence-corrected chi connectivity index (χ2v) is 1.93. The number of alkyl halides is 2. The Morgan fingerprint density at radius 1 is 1.45 bits per heavy atom. The topological polar surface area (TPSA) is 74.6 Å². The summed E-state index contributed by atoms with van der Waals surface area (Å²) >= 11 is 0. The van der Waals surface area contributed by atoms with E-state index in [0.29, 0.717) is 6.92 Å². The maximum atomic E-state index is 11.7. The molecule has 1 atom stereocenters. The van der Waals surface area contributed by atoms with Crippen LogP contribution in [-0.4, -0.2) is 34.0 Å². The summed E-state index contributed by atoms with van der Waals surface area (Å²) in [6.45, 7) is 0.584. The van der Waals surface area contributed by atoms with Crippen molar-refractivity contribution in [2.24, 2.45) is 0 Å². The van der Waals surface area contributed by atoms with Crippen molar-refractivity contribution in [1.29, 1.82) is 0 Å². The number of carboxylic acids is 1. The number of carboxylic acid groups (broad SMARTS) is 1. The number of hydrogen-bond acceptors (Lipinski definition) is 3. The first-order valence-electron chi connectivity index (χ1n) is 2.58. The predicted octanol–water partition coefficient (Wildman–Crippen LogP) is -0.344. The summed E-state index contributed by atoms with van der Waals surface area (Å²) in [6, 6.07) is 0. The van der Waals surface area contributed by atoms with Gasteiger partial charge in [0.2, 0.25) is 0 Å². The number of ketones is 1. The fourth-order valence-electron chi connectivity index (χ4n) is 0.398. The lowest BCUT2D eigenvalue weighted by Crippen LogP contribution is -2.51. The highest BCUT2D eigenvalue weighted by Crippen LogP contribution is 2.16. The van der Waals surface area contributed by atoms with Crippen molar-refractivity contribution < 1.29 is 28.6 Å². The van der Waals surface area contributed by atoms with Crippen LogP contribution in [-0.2, 0) is 9.59 Å². The van der Waals surface area contributed by atoms with Crippen molar-refractivity contribution >= 4 is 11.8 Å². The molecule has 0 aromatic rings. The highest BCUT2D eigenvalue weighted by atomic mass is 19.3. The quantitative estimate of drug-likeness (QED) is 0.565. The molecule has 0 aliphatic heterocycles.